The van der Waals surface area contributed by atoms with Crippen LogP contribution < -0.4 is 5.32 Å². The van der Waals surface area contributed by atoms with Crippen molar-refractivity contribution in [3.8, 4) is 0 Å². The van der Waals surface area contributed by atoms with Crippen molar-refractivity contribution in [1.82, 2.24) is 4.57 Å². The van der Waals surface area contributed by atoms with Gasteiger partial charge in [0.1, 0.15) is 5.78 Å². The van der Waals surface area contributed by atoms with Gasteiger partial charge in [0, 0.05) is 36.5 Å². The number of nitrogens with zero attached hydrogens (tertiary/aromatic N) is 1. The van der Waals surface area contributed by atoms with E-state index >= 15 is 0 Å². The monoisotopic (exact) mass is 392 g/mol. The van der Waals surface area contributed by atoms with E-state index in [1.165, 1.54) is 11.6 Å². The molecular weight excluding hydrogens is 369 g/mol. The number of ketones is 1. The first kappa shape index (κ1) is 20.2. The maximum atomic E-state index is 13.3. The molecule has 0 bridgehead atoms. The predicted molar refractivity (Wildman–Crippen MR) is 100 cm³/mol. The topological polar surface area (TPSA) is 51.1 Å². The van der Waals surface area contributed by atoms with Gasteiger partial charge < -0.3 is 9.88 Å². The van der Waals surface area contributed by atoms with Gasteiger partial charge >= 0.3 is 6.18 Å². The summed E-state index contributed by atoms with van der Waals surface area (Å²) in [6, 6.07) is 5.33. The molecule has 0 saturated heterocycles. The molecule has 3 rings (SSSR count). The number of nitrogens with one attached hydrogen (secondary N) is 1. The van der Waals surface area contributed by atoms with Crippen LogP contribution in [-0.4, -0.2) is 16.3 Å². The Bertz CT molecular complexity index is 957. The summed E-state index contributed by atoms with van der Waals surface area (Å²) in [5.41, 5.74) is 0.359. The fraction of sp³-hybridized carbons (Fsp3) is 0.429. The molecule has 2 unspecified atom stereocenters. The zero-order chi connectivity index (χ0) is 21.0. The lowest BCUT2D eigenvalue weighted by atomic mass is 9.74. The number of hydrogen-bond donors (Lipinski definition) is 1. The summed E-state index contributed by atoms with van der Waals surface area (Å²) in [5, 5.41) is 2.65. The third kappa shape index (κ3) is 3.12. The van der Waals surface area contributed by atoms with E-state index in [-0.39, 0.29) is 17.6 Å². The smallest absolute Gasteiger partial charge is 0.356 e. The summed E-state index contributed by atoms with van der Waals surface area (Å²) in [6.45, 7) is 7.42. The van der Waals surface area contributed by atoms with Crippen molar-refractivity contribution in [1.29, 1.82) is 0 Å². The molecule has 1 aliphatic rings. The van der Waals surface area contributed by atoms with Crippen LogP contribution in [0.15, 0.2) is 30.6 Å². The third-order valence-corrected chi connectivity index (χ3v) is 5.72. The van der Waals surface area contributed by atoms with Crippen molar-refractivity contribution in [3.63, 3.8) is 0 Å². The number of aryl methyl sites for hydroxylation is 1. The van der Waals surface area contributed by atoms with Gasteiger partial charge in [-0.05, 0) is 30.0 Å². The minimum Gasteiger partial charge on any atom is -0.356 e. The average molecular weight is 392 g/mol. The maximum absolute atomic E-state index is 13.3. The Morgan fingerprint density at radius 1 is 1.18 bits per heavy atom. The number of halogens is 3. The first-order chi connectivity index (χ1) is 12.9. The highest BCUT2D eigenvalue weighted by atomic mass is 19.4. The second kappa shape index (κ2) is 6.50. The van der Waals surface area contributed by atoms with E-state index < -0.39 is 28.6 Å². The largest absolute Gasteiger partial charge is 0.418 e. The van der Waals surface area contributed by atoms with E-state index in [1.54, 1.807) is 19.1 Å². The van der Waals surface area contributed by atoms with Crippen molar-refractivity contribution in [3.05, 3.63) is 52.8 Å². The van der Waals surface area contributed by atoms with Crippen LogP contribution in [0.4, 0.5) is 18.9 Å². The number of carbonyl (C=O) groups excluding carboxylic acids is 2. The van der Waals surface area contributed by atoms with Gasteiger partial charge in [-0.25, -0.2) is 0 Å². The summed E-state index contributed by atoms with van der Waals surface area (Å²) in [4.78, 5) is 24.9. The Morgan fingerprint density at radius 3 is 2.39 bits per heavy atom. The molecule has 1 N–H and O–H groups in total. The molecule has 1 aliphatic carbocycles. The van der Waals surface area contributed by atoms with E-state index in [1.807, 2.05) is 26.8 Å². The fourth-order valence-electron chi connectivity index (χ4n) is 4.73. The van der Waals surface area contributed by atoms with Gasteiger partial charge in [0.15, 0.2) is 0 Å². The number of carbonyl (C=O) groups is 2. The standard InChI is InChI=1S/C21H23F3N2O2/c1-11-17-14(20(3,4)18(11)12(2)27)7-6-8-16(17)25-19(28)13-9-26(5)10-15(13)21(22,23)24/h6-11,18H,1-5H3,(H,25,28). The first-order valence-electron chi connectivity index (χ1n) is 9.04. The second-order valence-electron chi connectivity index (χ2n) is 8.07. The summed E-state index contributed by atoms with van der Waals surface area (Å²) >= 11 is 0. The zero-order valence-electron chi connectivity index (χ0n) is 16.4. The Hall–Kier alpha value is -2.57. The molecule has 0 aliphatic heterocycles. The number of hydrogen-bond acceptors (Lipinski definition) is 2. The van der Waals surface area contributed by atoms with E-state index in [2.05, 4.69) is 5.32 Å². The number of amides is 1. The molecule has 2 aromatic rings. The van der Waals surface area contributed by atoms with E-state index in [0.29, 0.717) is 5.69 Å². The highest BCUT2D eigenvalue weighted by Gasteiger charge is 2.47. The van der Waals surface area contributed by atoms with Gasteiger partial charge in [-0.2, -0.15) is 13.2 Å². The lowest BCUT2D eigenvalue weighted by Crippen LogP contribution is -2.30. The molecule has 1 amide bonds. The SMILES string of the molecule is CC(=O)C1C(C)c2c(NC(=O)c3cn(C)cc3C(F)(F)F)cccc2C1(C)C. The molecule has 1 aromatic heterocycles. The summed E-state index contributed by atoms with van der Waals surface area (Å²) < 4.78 is 41.0. The average Bonchev–Trinajstić information content (AvgIpc) is 3.04. The van der Waals surface area contributed by atoms with Gasteiger partial charge in [-0.1, -0.05) is 32.9 Å². The minimum absolute atomic E-state index is 0.0494. The molecule has 1 heterocycles. The van der Waals surface area contributed by atoms with Crippen molar-refractivity contribution in [2.24, 2.45) is 13.0 Å². The molecule has 150 valence electrons. The Labute approximate surface area is 161 Å². The van der Waals surface area contributed by atoms with Crippen molar-refractivity contribution < 1.29 is 22.8 Å². The summed E-state index contributed by atoms with van der Waals surface area (Å²) in [7, 11) is 1.44. The fourth-order valence-corrected chi connectivity index (χ4v) is 4.73. The van der Waals surface area contributed by atoms with Gasteiger partial charge in [0.05, 0.1) is 11.1 Å². The lowest BCUT2D eigenvalue weighted by molar-refractivity contribution is -0.137. The molecule has 7 heteroatoms. The summed E-state index contributed by atoms with van der Waals surface area (Å²) in [6.07, 6.45) is -2.57. The lowest BCUT2D eigenvalue weighted by Gasteiger charge is -2.28. The Balaban J connectivity index is 2.03. The molecule has 2 atom stereocenters. The second-order valence-corrected chi connectivity index (χ2v) is 8.07. The zero-order valence-corrected chi connectivity index (χ0v) is 16.4. The van der Waals surface area contributed by atoms with E-state index in [9.17, 15) is 22.8 Å². The quantitative estimate of drug-likeness (QED) is 0.808. The Kier molecular flexibility index (Phi) is 4.68. The minimum atomic E-state index is -4.62. The van der Waals surface area contributed by atoms with Crippen LogP contribution in [-0.2, 0) is 23.4 Å². The molecule has 0 fully saturated rings. The third-order valence-electron chi connectivity index (χ3n) is 5.72. The molecule has 4 nitrogen and oxygen atoms in total. The van der Waals surface area contributed by atoms with Gasteiger partial charge in [-0.3, -0.25) is 9.59 Å². The van der Waals surface area contributed by atoms with Crippen LogP contribution in [0.1, 0.15) is 60.7 Å². The molecule has 0 saturated carbocycles. The van der Waals surface area contributed by atoms with Crippen molar-refractivity contribution >= 4 is 17.4 Å². The predicted octanol–water partition coefficient (Wildman–Crippen LogP) is 4.90. The van der Waals surface area contributed by atoms with Crippen molar-refractivity contribution in [2.45, 2.75) is 45.2 Å². The maximum Gasteiger partial charge on any atom is 0.418 e. The molecule has 1 aromatic carbocycles. The molecule has 0 radical (unpaired) electrons. The molecular formula is C21H23F3N2O2. The number of rotatable bonds is 3. The number of alkyl halides is 3. The highest BCUT2D eigenvalue weighted by Crippen LogP contribution is 2.53. The Morgan fingerprint density at radius 2 is 1.82 bits per heavy atom. The number of Topliss-reactive ketones (excluding diaryl/α,β-unsaturated/α-hetero) is 1. The van der Waals surface area contributed by atoms with Gasteiger partial charge in [0.2, 0.25) is 0 Å². The molecule has 0 spiro atoms. The number of fused-ring (bicyclic) bond motifs is 1. The van der Waals surface area contributed by atoms with Crippen LogP contribution in [0.3, 0.4) is 0 Å². The van der Waals surface area contributed by atoms with E-state index in [0.717, 1.165) is 23.5 Å². The van der Waals surface area contributed by atoms with Gasteiger partial charge in [0.25, 0.3) is 5.91 Å². The van der Waals surface area contributed by atoms with Crippen molar-refractivity contribution in [2.75, 3.05) is 5.32 Å². The van der Waals surface area contributed by atoms with Crippen LogP contribution in [0, 0.1) is 5.92 Å². The normalized spacial score (nSPS) is 20.7. The number of aromatic nitrogens is 1. The summed E-state index contributed by atoms with van der Waals surface area (Å²) in [5.74, 6) is -1.19. The first-order valence-corrected chi connectivity index (χ1v) is 9.04. The highest BCUT2D eigenvalue weighted by molar-refractivity contribution is 6.06. The number of benzene rings is 1. The van der Waals surface area contributed by atoms with Crippen LogP contribution in [0.2, 0.25) is 0 Å². The molecule has 28 heavy (non-hydrogen) atoms. The number of anilines is 1. The van der Waals surface area contributed by atoms with Gasteiger partial charge in [-0.15, -0.1) is 0 Å². The van der Waals surface area contributed by atoms with Crippen LogP contribution in [0.25, 0.3) is 0 Å². The van der Waals surface area contributed by atoms with E-state index in [4.69, 9.17) is 0 Å². The van der Waals surface area contributed by atoms with Crippen LogP contribution >= 0.6 is 0 Å². The van der Waals surface area contributed by atoms with Crippen LogP contribution in [0.5, 0.6) is 0 Å².